The van der Waals surface area contributed by atoms with Crippen LogP contribution in [0, 0.1) is 5.92 Å². The molecule has 1 aromatic carbocycles. The molecule has 2 heterocycles. The largest absolute Gasteiger partial charge is 0.489 e. The van der Waals surface area contributed by atoms with Gasteiger partial charge in [0.2, 0.25) is 0 Å². The normalized spacial score (nSPS) is 36.7. The molecule has 0 N–H and O–H groups in total. The van der Waals surface area contributed by atoms with Gasteiger partial charge in [-0.15, -0.1) is 0 Å². The summed E-state index contributed by atoms with van der Waals surface area (Å²) in [6.45, 7) is 7.54. The molecule has 0 aromatic heterocycles. The summed E-state index contributed by atoms with van der Waals surface area (Å²) < 4.78 is 12.9. The summed E-state index contributed by atoms with van der Waals surface area (Å²) in [6.07, 6.45) is 5.81. The van der Waals surface area contributed by atoms with E-state index in [1.165, 1.54) is 17.5 Å². The number of piperidine rings is 1. The summed E-state index contributed by atoms with van der Waals surface area (Å²) in [5, 5.41) is 0. The van der Waals surface area contributed by atoms with E-state index in [0.717, 1.165) is 30.9 Å². The Labute approximate surface area is 144 Å². The summed E-state index contributed by atoms with van der Waals surface area (Å²) in [4.78, 5) is 2.57. The highest BCUT2D eigenvalue weighted by atomic mass is 16.6. The summed E-state index contributed by atoms with van der Waals surface area (Å²) >= 11 is 0. The summed E-state index contributed by atoms with van der Waals surface area (Å²) in [7, 11) is 2.29. The maximum Gasteiger partial charge on any atom is 0.165 e. The summed E-state index contributed by atoms with van der Waals surface area (Å²) in [6, 6.07) is 7.26. The topological polar surface area (TPSA) is 21.7 Å². The highest BCUT2D eigenvalue weighted by molar-refractivity contribution is 5.56. The minimum Gasteiger partial charge on any atom is -0.489 e. The van der Waals surface area contributed by atoms with E-state index in [2.05, 4.69) is 57.0 Å². The number of likely N-dealkylation sites (N-methyl/N-ethyl adjacent to an activating group) is 1. The van der Waals surface area contributed by atoms with Gasteiger partial charge in [0.15, 0.2) is 6.10 Å². The lowest BCUT2D eigenvalue weighted by Gasteiger charge is -2.57. The Bertz CT molecular complexity index is 732. The van der Waals surface area contributed by atoms with Crippen molar-refractivity contribution in [2.75, 3.05) is 13.6 Å². The van der Waals surface area contributed by atoms with E-state index in [1.54, 1.807) is 0 Å². The summed E-state index contributed by atoms with van der Waals surface area (Å²) in [5.41, 5.74) is 2.94. The Morgan fingerprint density at radius 1 is 1.29 bits per heavy atom. The zero-order valence-electron chi connectivity index (χ0n) is 15.1. The predicted molar refractivity (Wildman–Crippen MR) is 94.3 cm³/mol. The molecule has 5 rings (SSSR count). The molecule has 1 unspecified atom stereocenters. The molecule has 4 aliphatic rings. The number of likely N-dealkylation sites (tertiary alicyclic amines) is 1. The van der Waals surface area contributed by atoms with E-state index >= 15 is 0 Å². The molecule has 0 amide bonds. The van der Waals surface area contributed by atoms with Crippen LogP contribution < -0.4 is 4.74 Å². The van der Waals surface area contributed by atoms with E-state index in [0.29, 0.717) is 12.0 Å². The fourth-order valence-corrected chi connectivity index (χ4v) is 5.74. The fraction of sp³-hybridized carbons (Fsp3) is 0.619. The second-order valence-corrected chi connectivity index (χ2v) is 8.99. The molecule has 2 aliphatic carbocycles. The second kappa shape index (κ2) is 4.57. The molecule has 3 nitrogen and oxygen atoms in total. The molecule has 0 radical (unpaired) electrons. The van der Waals surface area contributed by atoms with Gasteiger partial charge in [0.1, 0.15) is 17.1 Å². The Hall–Kier alpha value is -1.48. The van der Waals surface area contributed by atoms with Gasteiger partial charge in [-0.05, 0) is 77.2 Å². The third kappa shape index (κ3) is 1.77. The smallest absolute Gasteiger partial charge is 0.165 e. The van der Waals surface area contributed by atoms with E-state index < -0.39 is 0 Å². The van der Waals surface area contributed by atoms with Crippen LogP contribution in [0.5, 0.6) is 5.75 Å². The molecule has 1 saturated heterocycles. The van der Waals surface area contributed by atoms with Crippen molar-refractivity contribution in [3.63, 3.8) is 0 Å². The first-order valence-corrected chi connectivity index (χ1v) is 9.28. The van der Waals surface area contributed by atoms with Crippen LogP contribution in [0.4, 0.5) is 0 Å². The van der Waals surface area contributed by atoms with Gasteiger partial charge in [-0.3, -0.25) is 0 Å². The third-order valence-corrected chi connectivity index (χ3v) is 6.55. The van der Waals surface area contributed by atoms with Crippen molar-refractivity contribution in [1.82, 2.24) is 4.90 Å². The molecular formula is C21H27NO2. The molecule has 2 bridgehead atoms. The lowest BCUT2D eigenvalue weighted by atomic mass is 9.53. The number of hydrogen-bond donors (Lipinski definition) is 0. The van der Waals surface area contributed by atoms with E-state index in [-0.39, 0.29) is 17.1 Å². The molecule has 128 valence electrons. The average molecular weight is 325 g/mol. The molecular weight excluding hydrogens is 298 g/mol. The fourth-order valence-electron chi connectivity index (χ4n) is 5.74. The van der Waals surface area contributed by atoms with Crippen LogP contribution >= 0.6 is 0 Å². The van der Waals surface area contributed by atoms with Crippen molar-refractivity contribution in [3.05, 3.63) is 41.2 Å². The minimum atomic E-state index is -0.185. The molecule has 0 saturated carbocycles. The highest BCUT2D eigenvalue weighted by Gasteiger charge is 2.64. The number of benzene rings is 1. The number of nitrogens with zero attached hydrogens (tertiary/aromatic N) is 1. The molecule has 2 aliphatic heterocycles. The van der Waals surface area contributed by atoms with Gasteiger partial charge >= 0.3 is 0 Å². The van der Waals surface area contributed by atoms with Crippen molar-refractivity contribution in [1.29, 1.82) is 0 Å². The highest BCUT2D eigenvalue weighted by Crippen LogP contribution is 2.62. The van der Waals surface area contributed by atoms with E-state index in [4.69, 9.17) is 9.47 Å². The molecule has 3 heteroatoms. The third-order valence-electron chi connectivity index (χ3n) is 6.55. The van der Waals surface area contributed by atoms with Crippen LogP contribution in [0.15, 0.2) is 30.0 Å². The minimum absolute atomic E-state index is 0.0584. The van der Waals surface area contributed by atoms with Gasteiger partial charge in [-0.1, -0.05) is 12.1 Å². The van der Waals surface area contributed by atoms with Gasteiger partial charge in [0.25, 0.3) is 0 Å². The Kier molecular flexibility index (Phi) is 2.82. The second-order valence-electron chi connectivity index (χ2n) is 8.99. The van der Waals surface area contributed by atoms with Crippen LogP contribution in [-0.2, 0) is 16.6 Å². The monoisotopic (exact) mass is 325 g/mol. The van der Waals surface area contributed by atoms with Gasteiger partial charge in [0, 0.05) is 17.0 Å². The van der Waals surface area contributed by atoms with Crippen LogP contribution in [0.2, 0.25) is 0 Å². The molecule has 24 heavy (non-hydrogen) atoms. The van der Waals surface area contributed by atoms with Gasteiger partial charge < -0.3 is 14.4 Å². The molecule has 1 spiro atoms. The van der Waals surface area contributed by atoms with Gasteiger partial charge in [0.05, 0.1) is 0 Å². The standard InChI is InChI=1S/C21H27NO2/c1-20(2,3)24-17-9-8-14-15-12-13-6-5-7-16-18(13)21(14,19(17)23-16)10-11-22(15)4/h5-7,9,14-15,19H,8,10-12H2,1-4H3/t14?,15-,19+,21+/m1/s1. The summed E-state index contributed by atoms with van der Waals surface area (Å²) in [5.74, 6) is 2.81. The zero-order valence-corrected chi connectivity index (χ0v) is 15.1. The zero-order chi connectivity index (χ0) is 16.7. The van der Waals surface area contributed by atoms with Gasteiger partial charge in [-0.2, -0.15) is 0 Å². The van der Waals surface area contributed by atoms with Crippen molar-refractivity contribution in [3.8, 4) is 5.75 Å². The Balaban J connectivity index is 1.69. The number of ether oxygens (including phenoxy) is 2. The molecule has 4 atom stereocenters. The predicted octanol–water partition coefficient (Wildman–Crippen LogP) is 3.66. The molecule has 1 aromatic rings. The number of rotatable bonds is 1. The molecule has 1 fully saturated rings. The number of hydrogen-bond acceptors (Lipinski definition) is 3. The van der Waals surface area contributed by atoms with Crippen molar-refractivity contribution in [2.45, 2.75) is 63.2 Å². The van der Waals surface area contributed by atoms with Crippen molar-refractivity contribution in [2.24, 2.45) is 5.92 Å². The van der Waals surface area contributed by atoms with Gasteiger partial charge in [-0.25, -0.2) is 0 Å². The lowest BCUT2D eigenvalue weighted by molar-refractivity contribution is -0.0546. The van der Waals surface area contributed by atoms with Crippen LogP contribution in [-0.4, -0.2) is 36.2 Å². The van der Waals surface area contributed by atoms with Crippen molar-refractivity contribution >= 4 is 0 Å². The Morgan fingerprint density at radius 2 is 2.12 bits per heavy atom. The van der Waals surface area contributed by atoms with E-state index in [1.807, 2.05) is 0 Å². The maximum absolute atomic E-state index is 6.56. The number of allylic oxidation sites excluding steroid dienone is 1. The van der Waals surface area contributed by atoms with Crippen LogP contribution in [0.25, 0.3) is 0 Å². The lowest BCUT2D eigenvalue weighted by Crippen LogP contribution is -2.63. The van der Waals surface area contributed by atoms with Crippen LogP contribution in [0.3, 0.4) is 0 Å². The first kappa shape index (κ1) is 14.8. The van der Waals surface area contributed by atoms with E-state index in [9.17, 15) is 0 Å². The first-order chi connectivity index (χ1) is 11.4. The van der Waals surface area contributed by atoms with Crippen LogP contribution in [0.1, 0.15) is 44.7 Å². The average Bonchev–Trinajstić information content (AvgIpc) is 2.85. The quantitative estimate of drug-likeness (QED) is 0.786. The van der Waals surface area contributed by atoms with Crippen molar-refractivity contribution < 1.29 is 9.47 Å². The Morgan fingerprint density at radius 3 is 2.92 bits per heavy atom. The maximum atomic E-state index is 6.56. The SMILES string of the molecule is CN1CC[C@]23c4c5cccc4O[C@H]2C(OC(C)(C)C)=CCC3[C@H]1C5. The first-order valence-electron chi connectivity index (χ1n) is 9.28.